The summed E-state index contributed by atoms with van der Waals surface area (Å²) in [5.41, 5.74) is 8.36. The highest BCUT2D eigenvalue weighted by Gasteiger charge is 2.38. The lowest BCUT2D eigenvalue weighted by Crippen LogP contribution is -2.24. The molecular weight excluding hydrogens is 210 g/mol. The molecule has 3 heteroatoms. The SMILES string of the molecule is Nc1ncc(C2(c3ccccc3)CCCC2)[nH]1. The standard InChI is InChI=1S/C14H17N3/c15-13-16-10-12(17-13)14(8-4-5-9-14)11-6-2-1-3-7-11/h1-3,6-7,10H,4-5,8-9H2,(H3,15,16,17). The average Bonchev–Trinajstić information content (AvgIpc) is 2.99. The molecule has 1 fully saturated rings. The predicted octanol–water partition coefficient (Wildman–Crippen LogP) is 2.85. The largest absolute Gasteiger partial charge is 0.369 e. The molecular formula is C14H17N3. The molecule has 1 aromatic carbocycles. The second-order valence-electron chi connectivity index (χ2n) is 4.84. The number of nitrogens with zero attached hydrogens (tertiary/aromatic N) is 1. The van der Waals surface area contributed by atoms with E-state index in [4.69, 9.17) is 5.73 Å². The van der Waals surface area contributed by atoms with Crippen LogP contribution in [0.1, 0.15) is 36.9 Å². The van der Waals surface area contributed by atoms with Gasteiger partial charge in [-0.3, -0.25) is 0 Å². The molecule has 0 atom stereocenters. The fraction of sp³-hybridized carbons (Fsp3) is 0.357. The van der Waals surface area contributed by atoms with Crippen LogP contribution in [0.25, 0.3) is 0 Å². The molecule has 0 spiro atoms. The summed E-state index contributed by atoms with van der Waals surface area (Å²) in [5, 5.41) is 0. The first-order valence-electron chi connectivity index (χ1n) is 6.18. The van der Waals surface area contributed by atoms with Gasteiger partial charge in [0.1, 0.15) is 0 Å². The Hall–Kier alpha value is -1.77. The van der Waals surface area contributed by atoms with E-state index in [2.05, 4.69) is 40.3 Å². The summed E-state index contributed by atoms with van der Waals surface area (Å²) < 4.78 is 0. The van der Waals surface area contributed by atoms with E-state index in [1.807, 2.05) is 6.20 Å². The molecule has 1 aliphatic rings. The molecule has 0 radical (unpaired) electrons. The quantitative estimate of drug-likeness (QED) is 0.828. The van der Waals surface area contributed by atoms with E-state index < -0.39 is 0 Å². The number of nitrogens with one attached hydrogen (secondary N) is 1. The molecule has 0 amide bonds. The van der Waals surface area contributed by atoms with Crippen molar-refractivity contribution in [1.29, 1.82) is 0 Å². The van der Waals surface area contributed by atoms with Crippen molar-refractivity contribution in [3.63, 3.8) is 0 Å². The van der Waals surface area contributed by atoms with Crippen LogP contribution in [-0.4, -0.2) is 9.97 Å². The molecule has 0 aliphatic heterocycles. The summed E-state index contributed by atoms with van der Waals surface area (Å²) in [6, 6.07) is 10.7. The number of nitrogens with two attached hydrogens (primary N) is 1. The van der Waals surface area contributed by atoms with Gasteiger partial charge in [-0.15, -0.1) is 0 Å². The maximum Gasteiger partial charge on any atom is 0.197 e. The first kappa shape index (κ1) is 10.4. The number of nitrogen functional groups attached to an aromatic ring is 1. The number of hydrogen-bond donors (Lipinski definition) is 2. The highest BCUT2D eigenvalue weighted by atomic mass is 15.0. The summed E-state index contributed by atoms with van der Waals surface area (Å²) in [6.45, 7) is 0. The van der Waals surface area contributed by atoms with Crippen molar-refractivity contribution in [2.75, 3.05) is 5.73 Å². The van der Waals surface area contributed by atoms with E-state index in [0.717, 1.165) is 0 Å². The zero-order valence-corrected chi connectivity index (χ0v) is 9.82. The number of benzene rings is 1. The molecule has 1 aliphatic carbocycles. The van der Waals surface area contributed by atoms with Crippen LogP contribution in [0.2, 0.25) is 0 Å². The van der Waals surface area contributed by atoms with Gasteiger partial charge in [-0.05, 0) is 18.4 Å². The molecule has 3 N–H and O–H groups in total. The first-order chi connectivity index (χ1) is 8.31. The van der Waals surface area contributed by atoms with Crippen LogP contribution in [-0.2, 0) is 5.41 Å². The Morgan fingerprint density at radius 2 is 1.82 bits per heavy atom. The Bertz CT molecular complexity index is 495. The van der Waals surface area contributed by atoms with Gasteiger partial charge in [0.25, 0.3) is 0 Å². The van der Waals surface area contributed by atoms with E-state index in [0.29, 0.717) is 5.95 Å². The summed E-state index contributed by atoms with van der Waals surface area (Å²) in [4.78, 5) is 7.38. The van der Waals surface area contributed by atoms with Crippen LogP contribution in [0, 0.1) is 0 Å². The van der Waals surface area contributed by atoms with Crippen molar-refractivity contribution in [2.45, 2.75) is 31.1 Å². The Morgan fingerprint density at radius 3 is 2.41 bits per heavy atom. The van der Waals surface area contributed by atoms with Gasteiger partial charge in [-0.2, -0.15) is 0 Å². The number of imidazole rings is 1. The van der Waals surface area contributed by atoms with Crippen LogP contribution in [0.3, 0.4) is 0 Å². The lowest BCUT2D eigenvalue weighted by molar-refractivity contribution is 0.521. The lowest BCUT2D eigenvalue weighted by atomic mass is 9.76. The monoisotopic (exact) mass is 227 g/mol. The Labute approximate surface area is 101 Å². The number of rotatable bonds is 2. The molecule has 3 rings (SSSR count). The van der Waals surface area contributed by atoms with Crippen molar-refractivity contribution < 1.29 is 0 Å². The van der Waals surface area contributed by atoms with Crippen molar-refractivity contribution in [3.8, 4) is 0 Å². The third-order valence-electron chi connectivity index (χ3n) is 3.89. The van der Waals surface area contributed by atoms with Crippen LogP contribution in [0.15, 0.2) is 36.5 Å². The lowest BCUT2D eigenvalue weighted by Gasteiger charge is -2.28. The van der Waals surface area contributed by atoms with Gasteiger partial charge in [-0.1, -0.05) is 43.2 Å². The molecule has 1 heterocycles. The average molecular weight is 227 g/mol. The van der Waals surface area contributed by atoms with Crippen molar-refractivity contribution in [3.05, 3.63) is 47.8 Å². The minimum atomic E-state index is 0.103. The smallest absolute Gasteiger partial charge is 0.197 e. The Balaban J connectivity index is 2.11. The number of hydrogen-bond acceptors (Lipinski definition) is 2. The molecule has 3 nitrogen and oxygen atoms in total. The fourth-order valence-electron chi connectivity index (χ4n) is 3.03. The van der Waals surface area contributed by atoms with E-state index in [-0.39, 0.29) is 5.41 Å². The first-order valence-corrected chi connectivity index (χ1v) is 6.18. The van der Waals surface area contributed by atoms with Gasteiger partial charge in [0.2, 0.25) is 0 Å². The molecule has 0 unspecified atom stereocenters. The van der Waals surface area contributed by atoms with E-state index in [9.17, 15) is 0 Å². The topological polar surface area (TPSA) is 54.7 Å². The number of aromatic amines is 1. The normalized spacial score (nSPS) is 18.4. The Kier molecular flexibility index (Phi) is 2.39. The fourth-order valence-corrected chi connectivity index (χ4v) is 3.03. The molecule has 17 heavy (non-hydrogen) atoms. The van der Waals surface area contributed by atoms with Crippen LogP contribution < -0.4 is 5.73 Å². The summed E-state index contributed by atoms with van der Waals surface area (Å²) in [5.74, 6) is 0.516. The van der Waals surface area contributed by atoms with Crippen molar-refractivity contribution in [1.82, 2.24) is 9.97 Å². The number of H-pyrrole nitrogens is 1. The van der Waals surface area contributed by atoms with E-state index in [1.165, 1.54) is 36.9 Å². The summed E-state index contributed by atoms with van der Waals surface area (Å²) in [7, 11) is 0. The molecule has 1 aromatic heterocycles. The molecule has 1 saturated carbocycles. The molecule has 88 valence electrons. The molecule has 0 bridgehead atoms. The molecule has 2 aromatic rings. The molecule has 0 saturated heterocycles. The summed E-state index contributed by atoms with van der Waals surface area (Å²) in [6.07, 6.45) is 6.80. The maximum absolute atomic E-state index is 5.72. The van der Waals surface area contributed by atoms with Crippen molar-refractivity contribution >= 4 is 5.95 Å². The van der Waals surface area contributed by atoms with Gasteiger partial charge >= 0.3 is 0 Å². The van der Waals surface area contributed by atoms with Crippen LogP contribution >= 0.6 is 0 Å². The minimum Gasteiger partial charge on any atom is -0.369 e. The minimum absolute atomic E-state index is 0.103. The second-order valence-corrected chi connectivity index (χ2v) is 4.84. The highest BCUT2D eigenvalue weighted by molar-refractivity contribution is 5.38. The highest BCUT2D eigenvalue weighted by Crippen LogP contribution is 2.45. The number of anilines is 1. The second kappa shape index (κ2) is 3.91. The zero-order valence-electron chi connectivity index (χ0n) is 9.82. The third kappa shape index (κ3) is 1.62. The van der Waals surface area contributed by atoms with Gasteiger partial charge < -0.3 is 10.7 Å². The maximum atomic E-state index is 5.72. The zero-order chi connectivity index (χ0) is 11.7. The summed E-state index contributed by atoms with van der Waals surface area (Å²) >= 11 is 0. The predicted molar refractivity (Wildman–Crippen MR) is 68.7 cm³/mol. The van der Waals surface area contributed by atoms with E-state index in [1.54, 1.807) is 0 Å². The van der Waals surface area contributed by atoms with Gasteiger partial charge in [0.15, 0.2) is 5.95 Å². The van der Waals surface area contributed by atoms with Gasteiger partial charge in [-0.25, -0.2) is 4.98 Å². The van der Waals surface area contributed by atoms with E-state index >= 15 is 0 Å². The van der Waals surface area contributed by atoms with Gasteiger partial charge in [0.05, 0.1) is 6.20 Å². The van der Waals surface area contributed by atoms with Gasteiger partial charge in [0, 0.05) is 11.1 Å². The van der Waals surface area contributed by atoms with Crippen molar-refractivity contribution in [2.24, 2.45) is 0 Å². The Morgan fingerprint density at radius 1 is 1.12 bits per heavy atom. The third-order valence-corrected chi connectivity index (χ3v) is 3.89. The van der Waals surface area contributed by atoms with Crippen LogP contribution in [0.4, 0.5) is 5.95 Å². The number of aromatic nitrogens is 2. The van der Waals surface area contributed by atoms with Crippen LogP contribution in [0.5, 0.6) is 0 Å².